The van der Waals surface area contributed by atoms with Gasteiger partial charge in [-0.25, -0.2) is 9.69 Å². The third kappa shape index (κ3) is 4.43. The van der Waals surface area contributed by atoms with E-state index in [1.54, 1.807) is 30.3 Å². The Bertz CT molecular complexity index is 1210. The van der Waals surface area contributed by atoms with E-state index in [1.807, 2.05) is 13.8 Å². The third-order valence-electron chi connectivity index (χ3n) is 6.90. The topological polar surface area (TPSA) is 79.0 Å². The van der Waals surface area contributed by atoms with Gasteiger partial charge in [0, 0.05) is 17.8 Å². The molecule has 2 aliphatic heterocycles. The number of anilines is 2. The SMILES string of the molecule is CCOc1ccc(N2C(=O)NC(=O)/C(=C\c3cc4c(cc3C)N(CC)C(C)(C)C[C@H]4C)C2=O)cc1. The van der Waals surface area contributed by atoms with Crippen LogP contribution in [-0.2, 0) is 9.59 Å². The van der Waals surface area contributed by atoms with Crippen LogP contribution < -0.4 is 19.9 Å². The fourth-order valence-corrected chi connectivity index (χ4v) is 5.31. The Morgan fingerprint density at radius 3 is 2.43 bits per heavy atom. The number of aryl methyl sites for hydroxylation is 1. The van der Waals surface area contributed by atoms with Gasteiger partial charge in [0.2, 0.25) is 0 Å². The van der Waals surface area contributed by atoms with Gasteiger partial charge >= 0.3 is 6.03 Å². The number of carbonyl (C=O) groups excluding carboxylic acids is 3. The van der Waals surface area contributed by atoms with Crippen LogP contribution in [0.3, 0.4) is 0 Å². The Kier molecular flexibility index (Phi) is 6.45. The van der Waals surface area contributed by atoms with Crippen molar-refractivity contribution in [1.82, 2.24) is 5.32 Å². The molecule has 0 saturated carbocycles. The lowest BCUT2D eigenvalue weighted by atomic mass is 9.79. The molecule has 4 rings (SSSR count). The van der Waals surface area contributed by atoms with E-state index in [0.717, 1.165) is 29.0 Å². The van der Waals surface area contributed by atoms with E-state index in [-0.39, 0.29) is 11.1 Å². The minimum Gasteiger partial charge on any atom is -0.494 e. The van der Waals surface area contributed by atoms with Crippen molar-refractivity contribution < 1.29 is 19.1 Å². The molecule has 1 atom stereocenters. The number of nitrogens with one attached hydrogen (secondary N) is 1. The molecule has 1 fully saturated rings. The molecule has 184 valence electrons. The maximum Gasteiger partial charge on any atom is 0.335 e. The Morgan fingerprint density at radius 2 is 1.80 bits per heavy atom. The lowest BCUT2D eigenvalue weighted by Crippen LogP contribution is -2.54. The summed E-state index contributed by atoms with van der Waals surface area (Å²) < 4.78 is 5.44. The van der Waals surface area contributed by atoms with Crippen LogP contribution in [0.25, 0.3) is 6.08 Å². The number of carbonyl (C=O) groups is 3. The highest BCUT2D eigenvalue weighted by Gasteiger charge is 2.38. The van der Waals surface area contributed by atoms with Crippen LogP contribution in [-0.4, -0.2) is 36.5 Å². The molecule has 7 nitrogen and oxygen atoms in total. The second kappa shape index (κ2) is 9.21. The van der Waals surface area contributed by atoms with Gasteiger partial charge in [-0.3, -0.25) is 14.9 Å². The number of benzene rings is 2. The molecule has 1 N–H and O–H groups in total. The number of hydrogen-bond donors (Lipinski definition) is 1. The van der Waals surface area contributed by atoms with Gasteiger partial charge in [-0.1, -0.05) is 6.92 Å². The average molecular weight is 476 g/mol. The lowest BCUT2D eigenvalue weighted by molar-refractivity contribution is -0.122. The molecule has 1 saturated heterocycles. The van der Waals surface area contributed by atoms with Gasteiger partial charge in [0.05, 0.1) is 12.3 Å². The van der Waals surface area contributed by atoms with Gasteiger partial charge in [-0.2, -0.15) is 0 Å². The van der Waals surface area contributed by atoms with E-state index in [2.05, 4.69) is 50.0 Å². The Labute approximate surface area is 206 Å². The van der Waals surface area contributed by atoms with Crippen molar-refractivity contribution in [1.29, 1.82) is 0 Å². The highest BCUT2D eigenvalue weighted by atomic mass is 16.5. The second-order valence-corrected chi connectivity index (χ2v) is 9.81. The summed E-state index contributed by atoms with van der Waals surface area (Å²) in [4.78, 5) is 42.0. The molecule has 0 aliphatic carbocycles. The van der Waals surface area contributed by atoms with Crippen molar-refractivity contribution in [2.75, 3.05) is 23.0 Å². The van der Waals surface area contributed by atoms with E-state index in [4.69, 9.17) is 4.74 Å². The van der Waals surface area contributed by atoms with Crippen molar-refractivity contribution >= 4 is 35.3 Å². The highest BCUT2D eigenvalue weighted by molar-refractivity contribution is 6.39. The first-order valence-corrected chi connectivity index (χ1v) is 12.1. The van der Waals surface area contributed by atoms with E-state index in [9.17, 15) is 14.4 Å². The summed E-state index contributed by atoms with van der Waals surface area (Å²) in [6.45, 7) is 14.2. The van der Waals surface area contributed by atoms with Crippen molar-refractivity contribution in [2.45, 2.75) is 59.4 Å². The van der Waals surface area contributed by atoms with Gasteiger partial charge in [0.1, 0.15) is 11.3 Å². The molecule has 2 aromatic rings. The molecule has 0 bridgehead atoms. The molecule has 4 amide bonds. The summed E-state index contributed by atoms with van der Waals surface area (Å²) in [6, 6.07) is 10.1. The summed E-state index contributed by atoms with van der Waals surface area (Å²) in [5.41, 5.74) is 4.50. The predicted molar refractivity (Wildman–Crippen MR) is 138 cm³/mol. The van der Waals surface area contributed by atoms with Crippen molar-refractivity contribution in [3.63, 3.8) is 0 Å². The van der Waals surface area contributed by atoms with Gasteiger partial charge in [0.25, 0.3) is 11.8 Å². The zero-order chi connectivity index (χ0) is 25.5. The van der Waals surface area contributed by atoms with E-state index in [0.29, 0.717) is 24.0 Å². The summed E-state index contributed by atoms with van der Waals surface area (Å²) in [5.74, 6) is -0.373. The van der Waals surface area contributed by atoms with Crippen LogP contribution >= 0.6 is 0 Å². The summed E-state index contributed by atoms with van der Waals surface area (Å²) in [6.07, 6.45) is 2.61. The summed E-state index contributed by atoms with van der Waals surface area (Å²) in [5, 5.41) is 2.31. The number of nitrogens with zero attached hydrogens (tertiary/aromatic N) is 2. The molecule has 2 aliphatic rings. The molecule has 7 heteroatoms. The Morgan fingerprint density at radius 1 is 1.11 bits per heavy atom. The monoisotopic (exact) mass is 475 g/mol. The zero-order valence-electron chi connectivity index (χ0n) is 21.3. The van der Waals surface area contributed by atoms with Crippen LogP contribution in [0.4, 0.5) is 16.2 Å². The second-order valence-electron chi connectivity index (χ2n) is 9.81. The number of hydrogen-bond acceptors (Lipinski definition) is 5. The van der Waals surface area contributed by atoms with Crippen molar-refractivity contribution in [3.05, 3.63) is 58.7 Å². The molecular weight excluding hydrogens is 442 g/mol. The minimum atomic E-state index is -0.766. The van der Waals surface area contributed by atoms with Crippen LogP contribution in [0, 0.1) is 6.92 Å². The van der Waals surface area contributed by atoms with E-state index in [1.165, 1.54) is 11.3 Å². The van der Waals surface area contributed by atoms with Gasteiger partial charge < -0.3 is 9.64 Å². The fraction of sp³-hybridized carbons (Fsp3) is 0.393. The minimum absolute atomic E-state index is 0.0470. The average Bonchev–Trinajstić information content (AvgIpc) is 2.78. The first-order chi connectivity index (χ1) is 16.6. The molecule has 2 aromatic carbocycles. The van der Waals surface area contributed by atoms with E-state index < -0.39 is 17.8 Å². The number of rotatable bonds is 5. The fourth-order valence-electron chi connectivity index (χ4n) is 5.31. The van der Waals surface area contributed by atoms with Gasteiger partial charge in [-0.05, 0) is 106 Å². The number of fused-ring (bicyclic) bond motifs is 1. The van der Waals surface area contributed by atoms with E-state index >= 15 is 0 Å². The Balaban J connectivity index is 1.73. The zero-order valence-corrected chi connectivity index (χ0v) is 21.3. The van der Waals surface area contributed by atoms with Crippen molar-refractivity contribution in [3.8, 4) is 5.75 Å². The summed E-state index contributed by atoms with van der Waals surface area (Å²) in [7, 11) is 0. The maximum atomic E-state index is 13.3. The standard InChI is InChI=1S/C28H33N3O4/c1-7-30-24-13-17(3)19(14-22(24)18(4)16-28(30,5)6)15-23-25(32)29-27(34)31(26(23)33)20-9-11-21(12-10-20)35-8-2/h9-15,18H,7-8,16H2,1-6H3,(H,29,32,34)/b23-15+/t18-/m1/s1. The normalized spacial score (nSPS) is 20.7. The largest absolute Gasteiger partial charge is 0.494 e. The first-order valence-electron chi connectivity index (χ1n) is 12.1. The smallest absolute Gasteiger partial charge is 0.335 e. The third-order valence-corrected chi connectivity index (χ3v) is 6.90. The molecule has 0 aromatic heterocycles. The molecule has 0 spiro atoms. The number of amides is 4. The van der Waals surface area contributed by atoms with Crippen LogP contribution in [0.5, 0.6) is 5.75 Å². The predicted octanol–water partition coefficient (Wildman–Crippen LogP) is 5.17. The number of imide groups is 2. The first kappa shape index (κ1) is 24.5. The van der Waals surface area contributed by atoms with Crippen LogP contribution in [0.1, 0.15) is 63.6 Å². The molecule has 35 heavy (non-hydrogen) atoms. The van der Waals surface area contributed by atoms with Crippen molar-refractivity contribution in [2.24, 2.45) is 0 Å². The summed E-state index contributed by atoms with van der Waals surface area (Å²) >= 11 is 0. The maximum absolute atomic E-state index is 13.3. The number of barbiturate groups is 1. The van der Waals surface area contributed by atoms with Crippen LogP contribution in [0.15, 0.2) is 42.0 Å². The molecular formula is C28H33N3O4. The van der Waals surface area contributed by atoms with Gasteiger partial charge in [-0.15, -0.1) is 0 Å². The molecule has 0 unspecified atom stereocenters. The highest BCUT2D eigenvalue weighted by Crippen LogP contribution is 2.44. The number of urea groups is 1. The Hall–Kier alpha value is -3.61. The number of ether oxygens (including phenoxy) is 1. The molecule has 2 heterocycles. The lowest BCUT2D eigenvalue weighted by Gasteiger charge is -2.47. The van der Waals surface area contributed by atoms with Crippen LogP contribution in [0.2, 0.25) is 0 Å². The molecule has 0 radical (unpaired) electrons. The van der Waals surface area contributed by atoms with Gasteiger partial charge in [0.15, 0.2) is 0 Å². The quantitative estimate of drug-likeness (QED) is 0.477.